The van der Waals surface area contributed by atoms with Crippen LogP contribution in [-0.2, 0) is 0 Å². The van der Waals surface area contributed by atoms with Gasteiger partial charge < -0.3 is 15.2 Å². The van der Waals surface area contributed by atoms with E-state index in [1.54, 1.807) is 18.2 Å². The van der Waals surface area contributed by atoms with Crippen molar-refractivity contribution in [2.45, 2.75) is 12.6 Å². The number of hydrogen-bond acceptors (Lipinski definition) is 2. The minimum absolute atomic E-state index is 0.0926. The predicted octanol–water partition coefficient (Wildman–Crippen LogP) is 5.02. The smallest absolute Gasteiger partial charge is 0.322 e. The summed E-state index contributed by atoms with van der Waals surface area (Å²) in [6.45, 7) is 0.108. The normalized spacial score (nSPS) is 16.4. The van der Waals surface area contributed by atoms with Gasteiger partial charge >= 0.3 is 6.03 Å². The number of ketones is 1. The third kappa shape index (κ3) is 3.62. The van der Waals surface area contributed by atoms with Crippen molar-refractivity contribution < 1.29 is 22.8 Å². The van der Waals surface area contributed by atoms with Gasteiger partial charge in [-0.1, -0.05) is 15.9 Å². The highest BCUT2D eigenvalue weighted by Gasteiger charge is 2.28. The second-order valence-electron chi connectivity index (χ2n) is 6.77. The topological polar surface area (TPSA) is 65.2 Å². The van der Waals surface area contributed by atoms with Gasteiger partial charge in [0.25, 0.3) is 0 Å². The summed E-state index contributed by atoms with van der Waals surface area (Å²) in [5.74, 6) is -3.08. The van der Waals surface area contributed by atoms with E-state index in [2.05, 4.69) is 26.2 Å². The number of fused-ring (bicyclic) bond motifs is 1. The van der Waals surface area contributed by atoms with E-state index in [4.69, 9.17) is 0 Å². The van der Waals surface area contributed by atoms with Gasteiger partial charge in [0.1, 0.15) is 12.0 Å². The first-order valence-corrected chi connectivity index (χ1v) is 9.64. The van der Waals surface area contributed by atoms with Crippen LogP contribution in [0.3, 0.4) is 0 Å². The highest BCUT2D eigenvalue weighted by atomic mass is 79.9. The number of hydrogen-bond donors (Lipinski definition) is 2. The maximum atomic E-state index is 15.0. The first kappa shape index (κ1) is 19.5. The van der Waals surface area contributed by atoms with Crippen molar-refractivity contribution >= 4 is 44.3 Å². The lowest BCUT2D eigenvalue weighted by Crippen LogP contribution is -2.33. The summed E-state index contributed by atoms with van der Waals surface area (Å²) in [6, 6.07) is 6.41. The zero-order valence-corrected chi connectivity index (χ0v) is 16.5. The van der Waals surface area contributed by atoms with Gasteiger partial charge in [0, 0.05) is 33.7 Å². The van der Waals surface area contributed by atoms with E-state index in [0.29, 0.717) is 15.4 Å². The third-order valence-electron chi connectivity index (χ3n) is 4.87. The molecule has 1 atom stereocenters. The predicted molar refractivity (Wildman–Crippen MR) is 106 cm³/mol. The molecule has 2 amide bonds. The summed E-state index contributed by atoms with van der Waals surface area (Å²) in [6.07, 6.45) is 0.464. The van der Waals surface area contributed by atoms with Crippen molar-refractivity contribution in [1.82, 2.24) is 9.88 Å². The van der Waals surface area contributed by atoms with Gasteiger partial charge in [-0.3, -0.25) is 4.79 Å². The second-order valence-corrected chi connectivity index (χ2v) is 7.68. The number of urea groups is 1. The molecule has 0 unspecified atom stereocenters. The van der Waals surface area contributed by atoms with Crippen LogP contribution in [0.2, 0.25) is 0 Å². The minimum Gasteiger partial charge on any atom is -0.360 e. The van der Waals surface area contributed by atoms with E-state index >= 15 is 0 Å². The van der Waals surface area contributed by atoms with E-state index in [9.17, 15) is 22.8 Å². The fourth-order valence-corrected chi connectivity index (χ4v) is 3.73. The SMILES string of the molecule is O=C(c1c(F)ccc(NC(=O)N2CC[C@@H](F)C2)c1F)c1c[nH]c2ccc(Br)cc12. The standard InChI is InChI=1S/C20H15BrF3N3O2/c21-10-1-3-15-12(7-10)13(8-25-15)19(28)17-14(23)2-4-16(18(17)24)26-20(29)27-6-5-11(22)9-27/h1-4,7-8,11,25H,5-6,9H2,(H,26,29)/t11-/m1/s1. The van der Waals surface area contributed by atoms with E-state index in [0.717, 1.165) is 12.1 Å². The zero-order chi connectivity index (χ0) is 20.7. The molecule has 0 aliphatic carbocycles. The number of amides is 2. The Morgan fingerprint density at radius 3 is 2.72 bits per heavy atom. The van der Waals surface area contributed by atoms with Crippen LogP contribution in [0.25, 0.3) is 10.9 Å². The number of carbonyl (C=O) groups is 2. The molecule has 3 aromatic rings. The van der Waals surface area contributed by atoms with Gasteiger partial charge in [0.15, 0.2) is 5.82 Å². The molecule has 1 saturated heterocycles. The molecule has 9 heteroatoms. The van der Waals surface area contributed by atoms with Crippen LogP contribution in [0, 0.1) is 11.6 Å². The second kappa shape index (κ2) is 7.55. The van der Waals surface area contributed by atoms with Gasteiger partial charge in [-0.25, -0.2) is 18.0 Å². The fourth-order valence-electron chi connectivity index (χ4n) is 3.37. The summed E-state index contributed by atoms with van der Waals surface area (Å²) in [5, 5.41) is 2.80. The number of carbonyl (C=O) groups excluding carboxylic acids is 2. The number of nitrogens with zero attached hydrogens (tertiary/aromatic N) is 1. The van der Waals surface area contributed by atoms with Gasteiger partial charge in [-0.15, -0.1) is 0 Å². The van der Waals surface area contributed by atoms with Gasteiger partial charge in [0.05, 0.1) is 17.8 Å². The zero-order valence-electron chi connectivity index (χ0n) is 14.9. The molecule has 1 aromatic heterocycles. The monoisotopic (exact) mass is 465 g/mol. The number of alkyl halides is 1. The molecule has 0 radical (unpaired) electrons. The molecule has 2 aromatic carbocycles. The molecule has 0 saturated carbocycles. The van der Waals surface area contributed by atoms with E-state index in [1.165, 1.54) is 11.1 Å². The Labute approximate surface area is 172 Å². The van der Waals surface area contributed by atoms with Crippen molar-refractivity contribution in [3.8, 4) is 0 Å². The minimum atomic E-state index is -1.18. The molecule has 1 aliphatic heterocycles. The number of benzene rings is 2. The molecule has 2 heterocycles. The van der Waals surface area contributed by atoms with Crippen LogP contribution in [0.15, 0.2) is 41.0 Å². The van der Waals surface area contributed by atoms with Crippen LogP contribution in [0.1, 0.15) is 22.3 Å². The fraction of sp³-hybridized carbons (Fsp3) is 0.200. The van der Waals surface area contributed by atoms with Crippen LogP contribution >= 0.6 is 15.9 Å². The number of H-pyrrole nitrogens is 1. The average molecular weight is 466 g/mol. The van der Waals surface area contributed by atoms with Gasteiger partial charge in [0.2, 0.25) is 5.78 Å². The van der Waals surface area contributed by atoms with Crippen molar-refractivity contribution in [2.75, 3.05) is 18.4 Å². The average Bonchev–Trinajstić information content (AvgIpc) is 3.30. The first-order valence-electron chi connectivity index (χ1n) is 8.84. The maximum absolute atomic E-state index is 15.0. The number of aromatic nitrogens is 1. The van der Waals surface area contributed by atoms with Crippen molar-refractivity contribution in [2.24, 2.45) is 0 Å². The lowest BCUT2D eigenvalue weighted by atomic mass is 10.0. The first-order chi connectivity index (χ1) is 13.8. The third-order valence-corrected chi connectivity index (χ3v) is 5.36. The Bertz CT molecular complexity index is 1130. The van der Waals surface area contributed by atoms with Crippen molar-refractivity contribution in [1.29, 1.82) is 0 Å². The lowest BCUT2D eigenvalue weighted by molar-refractivity contribution is 0.103. The molecular formula is C20H15BrF3N3O2. The Balaban J connectivity index is 1.68. The largest absolute Gasteiger partial charge is 0.360 e. The molecule has 29 heavy (non-hydrogen) atoms. The number of anilines is 1. The summed E-state index contributed by atoms with van der Waals surface area (Å²) >= 11 is 3.31. The molecule has 150 valence electrons. The Morgan fingerprint density at radius 1 is 1.21 bits per heavy atom. The van der Waals surface area contributed by atoms with E-state index < -0.39 is 35.2 Å². The summed E-state index contributed by atoms with van der Waals surface area (Å²) in [5.41, 5.74) is -0.379. The molecule has 4 rings (SSSR count). The molecular weight excluding hydrogens is 451 g/mol. The maximum Gasteiger partial charge on any atom is 0.322 e. The molecule has 1 aliphatic rings. The molecule has 0 spiro atoms. The van der Waals surface area contributed by atoms with Crippen LogP contribution in [0.5, 0.6) is 0 Å². The number of aromatic amines is 1. The lowest BCUT2D eigenvalue weighted by Gasteiger charge is -2.17. The van der Waals surface area contributed by atoms with E-state index in [1.807, 2.05) is 0 Å². The highest BCUT2D eigenvalue weighted by molar-refractivity contribution is 9.10. The summed E-state index contributed by atoms with van der Waals surface area (Å²) in [7, 11) is 0. The number of nitrogens with one attached hydrogen (secondary N) is 2. The van der Waals surface area contributed by atoms with Crippen molar-refractivity contribution in [3.63, 3.8) is 0 Å². The quantitative estimate of drug-likeness (QED) is 0.533. The van der Waals surface area contributed by atoms with Crippen molar-refractivity contribution in [3.05, 3.63) is 63.8 Å². The van der Waals surface area contributed by atoms with E-state index in [-0.39, 0.29) is 30.8 Å². The van der Waals surface area contributed by atoms with Crippen LogP contribution in [-0.4, -0.2) is 41.0 Å². The van der Waals surface area contributed by atoms with Crippen LogP contribution < -0.4 is 5.32 Å². The molecule has 1 fully saturated rings. The Hall–Kier alpha value is -2.81. The summed E-state index contributed by atoms with van der Waals surface area (Å²) < 4.78 is 43.4. The van der Waals surface area contributed by atoms with Gasteiger partial charge in [-0.05, 0) is 36.8 Å². The number of rotatable bonds is 3. The molecule has 2 N–H and O–H groups in total. The molecule has 0 bridgehead atoms. The number of likely N-dealkylation sites (tertiary alicyclic amines) is 1. The summed E-state index contributed by atoms with van der Waals surface area (Å²) in [4.78, 5) is 29.2. The van der Waals surface area contributed by atoms with Crippen LogP contribution in [0.4, 0.5) is 23.7 Å². The van der Waals surface area contributed by atoms with Gasteiger partial charge in [-0.2, -0.15) is 0 Å². The Kier molecular flexibility index (Phi) is 5.08. The highest BCUT2D eigenvalue weighted by Crippen LogP contribution is 2.29. The Morgan fingerprint density at radius 2 is 2.00 bits per heavy atom. The number of halogens is 4. The molecule has 5 nitrogen and oxygen atoms in total.